The first-order valence-corrected chi connectivity index (χ1v) is 9.64. The Hall–Kier alpha value is -1.93. The molecule has 8 heteroatoms. The smallest absolute Gasteiger partial charge is 0.247 e. The molecule has 0 heterocycles. The van der Waals surface area contributed by atoms with Gasteiger partial charge in [-0.15, -0.1) is 0 Å². The normalized spacial score (nSPS) is 12.5. The minimum atomic E-state index is -3.73. The second-order valence-corrected chi connectivity index (χ2v) is 7.99. The van der Waals surface area contributed by atoms with E-state index in [4.69, 9.17) is 0 Å². The highest BCUT2D eigenvalue weighted by molar-refractivity contribution is 9.10. The molecule has 0 saturated heterocycles. The zero-order valence-corrected chi connectivity index (χ0v) is 15.4. The lowest BCUT2D eigenvalue weighted by molar-refractivity contribution is -0.116. The Bertz CT molecular complexity index is 841. The fourth-order valence-corrected chi connectivity index (χ4v) is 3.78. The maximum absolute atomic E-state index is 13.1. The molecule has 1 amide bonds. The summed E-state index contributed by atoms with van der Waals surface area (Å²) in [6.45, 7) is 1.47. The van der Waals surface area contributed by atoms with Crippen molar-refractivity contribution >= 4 is 43.2 Å². The van der Waals surface area contributed by atoms with E-state index in [1.54, 1.807) is 24.3 Å². The second kappa shape index (κ2) is 7.31. The zero-order chi connectivity index (χ0) is 17.9. The lowest BCUT2D eigenvalue weighted by atomic mass is 10.2. The van der Waals surface area contributed by atoms with Crippen LogP contribution in [-0.2, 0) is 14.8 Å². The molecule has 128 valence electrons. The fourth-order valence-electron chi connectivity index (χ4n) is 2.21. The highest BCUT2D eigenvalue weighted by Gasteiger charge is 2.29. The van der Waals surface area contributed by atoms with E-state index in [1.165, 1.54) is 19.1 Å². The lowest BCUT2D eigenvalue weighted by Crippen LogP contribution is -2.45. The van der Waals surface area contributed by atoms with Crippen molar-refractivity contribution < 1.29 is 17.6 Å². The van der Waals surface area contributed by atoms with Gasteiger partial charge in [0.1, 0.15) is 11.9 Å². The summed E-state index contributed by atoms with van der Waals surface area (Å²) in [5, 5.41) is 2.67. The van der Waals surface area contributed by atoms with Crippen molar-refractivity contribution in [3.63, 3.8) is 0 Å². The molecule has 0 aliphatic heterocycles. The predicted octanol–water partition coefficient (Wildman–Crippen LogP) is 3.38. The van der Waals surface area contributed by atoms with E-state index in [2.05, 4.69) is 21.2 Å². The number of carbonyl (C=O) groups excluding carboxylic acids is 1. The number of anilines is 2. The van der Waals surface area contributed by atoms with Crippen LogP contribution in [-0.4, -0.2) is 26.6 Å². The van der Waals surface area contributed by atoms with E-state index in [9.17, 15) is 17.6 Å². The van der Waals surface area contributed by atoms with Gasteiger partial charge >= 0.3 is 0 Å². The molecule has 0 spiro atoms. The van der Waals surface area contributed by atoms with Gasteiger partial charge in [-0.2, -0.15) is 0 Å². The molecule has 0 aromatic heterocycles. The fraction of sp³-hybridized carbons (Fsp3) is 0.188. The van der Waals surface area contributed by atoms with E-state index in [0.29, 0.717) is 5.69 Å². The van der Waals surface area contributed by atoms with E-state index < -0.39 is 27.8 Å². The Morgan fingerprint density at radius 2 is 1.83 bits per heavy atom. The largest absolute Gasteiger partial charge is 0.324 e. The average Bonchev–Trinajstić information content (AvgIpc) is 2.48. The molecule has 5 nitrogen and oxygen atoms in total. The van der Waals surface area contributed by atoms with Crippen molar-refractivity contribution in [3.8, 4) is 0 Å². The van der Waals surface area contributed by atoms with Crippen LogP contribution in [0.15, 0.2) is 53.0 Å². The predicted molar refractivity (Wildman–Crippen MR) is 96.0 cm³/mol. The maximum Gasteiger partial charge on any atom is 0.247 e. The number of rotatable bonds is 5. The Kier molecular flexibility index (Phi) is 5.61. The number of hydrogen-bond donors (Lipinski definition) is 1. The highest BCUT2D eigenvalue weighted by Crippen LogP contribution is 2.22. The molecule has 1 N–H and O–H groups in total. The summed E-state index contributed by atoms with van der Waals surface area (Å²) in [6, 6.07) is 10.9. The van der Waals surface area contributed by atoms with Crippen LogP contribution in [0.3, 0.4) is 0 Å². The van der Waals surface area contributed by atoms with Gasteiger partial charge in [-0.05, 0) is 49.4 Å². The zero-order valence-electron chi connectivity index (χ0n) is 13.0. The van der Waals surface area contributed by atoms with Crippen LogP contribution in [0.5, 0.6) is 0 Å². The van der Waals surface area contributed by atoms with Gasteiger partial charge in [-0.3, -0.25) is 9.10 Å². The van der Waals surface area contributed by atoms with Gasteiger partial charge in [0.05, 0.1) is 11.9 Å². The number of carbonyl (C=O) groups is 1. The molecule has 0 saturated carbocycles. The Morgan fingerprint density at radius 3 is 2.38 bits per heavy atom. The molecule has 0 radical (unpaired) electrons. The van der Waals surface area contributed by atoms with Gasteiger partial charge in [-0.1, -0.05) is 22.0 Å². The van der Waals surface area contributed by atoms with Crippen molar-refractivity contribution in [2.24, 2.45) is 0 Å². The highest BCUT2D eigenvalue weighted by atomic mass is 79.9. The van der Waals surface area contributed by atoms with E-state index >= 15 is 0 Å². The van der Waals surface area contributed by atoms with E-state index in [1.807, 2.05) is 0 Å². The van der Waals surface area contributed by atoms with Gasteiger partial charge < -0.3 is 5.32 Å². The number of halogens is 2. The topological polar surface area (TPSA) is 66.5 Å². The molecule has 0 unspecified atom stereocenters. The summed E-state index contributed by atoms with van der Waals surface area (Å²) in [5.74, 6) is -0.985. The van der Waals surface area contributed by atoms with Gasteiger partial charge in [-0.25, -0.2) is 12.8 Å². The van der Waals surface area contributed by atoms with Gasteiger partial charge in [0.25, 0.3) is 0 Å². The summed E-state index contributed by atoms with van der Waals surface area (Å²) < 4.78 is 39.0. The number of nitrogens with zero attached hydrogens (tertiary/aromatic N) is 1. The number of hydrogen-bond acceptors (Lipinski definition) is 3. The Balaban J connectivity index is 2.29. The Labute approximate surface area is 148 Å². The van der Waals surface area contributed by atoms with Crippen molar-refractivity contribution in [2.45, 2.75) is 13.0 Å². The third kappa shape index (κ3) is 4.55. The number of benzene rings is 2. The maximum atomic E-state index is 13.1. The minimum Gasteiger partial charge on any atom is -0.324 e. The number of sulfonamides is 1. The molecule has 2 rings (SSSR count). The van der Waals surface area contributed by atoms with E-state index in [-0.39, 0.29) is 5.69 Å². The monoisotopic (exact) mass is 414 g/mol. The first-order chi connectivity index (χ1) is 11.2. The molecule has 2 aromatic rings. The molecule has 0 aliphatic rings. The summed E-state index contributed by atoms with van der Waals surface area (Å²) in [7, 11) is -3.73. The third-order valence-corrected chi connectivity index (χ3v) is 5.00. The second-order valence-electron chi connectivity index (χ2n) is 5.21. The summed E-state index contributed by atoms with van der Waals surface area (Å²) in [6.07, 6.45) is 0.999. The van der Waals surface area contributed by atoms with E-state index in [0.717, 1.165) is 27.2 Å². The van der Waals surface area contributed by atoms with Crippen molar-refractivity contribution in [1.82, 2.24) is 0 Å². The summed E-state index contributed by atoms with van der Waals surface area (Å²) in [4.78, 5) is 12.4. The quantitative estimate of drug-likeness (QED) is 0.815. The van der Waals surface area contributed by atoms with Crippen LogP contribution in [0.2, 0.25) is 0 Å². The van der Waals surface area contributed by atoms with Crippen LogP contribution in [0, 0.1) is 5.82 Å². The molecule has 0 aliphatic carbocycles. The molecule has 0 fully saturated rings. The van der Waals surface area contributed by atoms with Gasteiger partial charge in [0.15, 0.2) is 0 Å². The lowest BCUT2D eigenvalue weighted by Gasteiger charge is -2.28. The standard InChI is InChI=1S/C16H16BrFN2O3S/c1-11(16(21)19-14-5-3-4-12(17)10-14)20(24(2,22)23)15-8-6-13(18)7-9-15/h3-11H,1-2H3,(H,19,21)/t11-/m0/s1. The molecule has 2 aromatic carbocycles. The van der Waals surface area contributed by atoms with Gasteiger partial charge in [0, 0.05) is 10.2 Å². The van der Waals surface area contributed by atoms with Crippen LogP contribution in [0.1, 0.15) is 6.92 Å². The number of nitrogens with one attached hydrogen (secondary N) is 1. The third-order valence-electron chi connectivity index (χ3n) is 3.26. The molecular formula is C16H16BrFN2O3S. The summed E-state index contributed by atoms with van der Waals surface area (Å²) in [5.41, 5.74) is 0.754. The summed E-state index contributed by atoms with van der Waals surface area (Å²) >= 11 is 3.30. The van der Waals surface area contributed by atoms with Crippen LogP contribution in [0.25, 0.3) is 0 Å². The molecular weight excluding hydrogens is 399 g/mol. The molecule has 1 atom stereocenters. The SMILES string of the molecule is C[C@@H](C(=O)Nc1cccc(Br)c1)N(c1ccc(F)cc1)S(C)(=O)=O. The first-order valence-electron chi connectivity index (χ1n) is 7.00. The van der Waals surface area contributed by atoms with Crippen molar-refractivity contribution in [1.29, 1.82) is 0 Å². The van der Waals surface area contributed by atoms with Crippen molar-refractivity contribution in [2.75, 3.05) is 15.9 Å². The molecule has 24 heavy (non-hydrogen) atoms. The Morgan fingerprint density at radius 1 is 1.21 bits per heavy atom. The first kappa shape index (κ1) is 18.4. The average molecular weight is 415 g/mol. The molecule has 0 bridgehead atoms. The number of amides is 1. The van der Waals surface area contributed by atoms with Gasteiger partial charge in [0.2, 0.25) is 15.9 Å². The van der Waals surface area contributed by atoms with Crippen LogP contribution >= 0.6 is 15.9 Å². The van der Waals surface area contributed by atoms with Crippen LogP contribution in [0.4, 0.5) is 15.8 Å². The van der Waals surface area contributed by atoms with Crippen molar-refractivity contribution in [3.05, 3.63) is 58.8 Å². The van der Waals surface area contributed by atoms with Crippen LogP contribution < -0.4 is 9.62 Å². The minimum absolute atomic E-state index is 0.218.